The van der Waals surface area contributed by atoms with Gasteiger partial charge >= 0.3 is 0 Å². The number of fused-ring (bicyclic) bond motifs is 1. The molecule has 4 nitrogen and oxygen atoms in total. The molecule has 0 amide bonds. The Morgan fingerprint density at radius 2 is 1.95 bits per heavy atom. The van der Waals surface area contributed by atoms with Crippen molar-refractivity contribution in [1.29, 1.82) is 0 Å². The summed E-state index contributed by atoms with van der Waals surface area (Å²) in [6.07, 6.45) is 1.78. The minimum atomic E-state index is -0.364. The molecule has 102 valence electrons. The molecule has 4 heteroatoms. The number of nitrogens with zero attached hydrogens (tertiary/aromatic N) is 3. The first kappa shape index (κ1) is 12.8. The number of nitrogens with two attached hydrogens (primary N) is 1. The van der Waals surface area contributed by atoms with Crippen molar-refractivity contribution in [3.63, 3.8) is 0 Å². The van der Waals surface area contributed by atoms with Gasteiger partial charge in [0.05, 0.1) is 11.0 Å². The molecule has 0 unspecified atom stereocenters. The molecule has 3 rings (SSSR count). The van der Waals surface area contributed by atoms with Gasteiger partial charge in [-0.15, -0.1) is 0 Å². The van der Waals surface area contributed by atoms with Gasteiger partial charge in [-0.2, -0.15) is 0 Å². The van der Waals surface area contributed by atoms with Gasteiger partial charge in [0.1, 0.15) is 5.69 Å². The zero-order chi connectivity index (χ0) is 14.3. The quantitative estimate of drug-likeness (QED) is 0.776. The Labute approximate surface area is 118 Å². The fourth-order valence-corrected chi connectivity index (χ4v) is 2.32. The molecule has 0 bridgehead atoms. The number of aryl methyl sites for hydroxylation is 1. The maximum Gasteiger partial charge on any atom is 0.159 e. The molecule has 0 atom stereocenters. The third-order valence-electron chi connectivity index (χ3n) is 3.52. The van der Waals surface area contributed by atoms with E-state index in [1.54, 1.807) is 6.20 Å². The van der Waals surface area contributed by atoms with Crippen molar-refractivity contribution in [3.8, 4) is 11.5 Å². The summed E-state index contributed by atoms with van der Waals surface area (Å²) in [5.74, 6) is 0.868. The van der Waals surface area contributed by atoms with E-state index >= 15 is 0 Å². The van der Waals surface area contributed by atoms with E-state index in [2.05, 4.69) is 27.8 Å². The molecule has 2 N–H and O–H groups in total. The van der Waals surface area contributed by atoms with Gasteiger partial charge in [-0.1, -0.05) is 12.1 Å². The monoisotopic (exact) mass is 266 g/mol. The van der Waals surface area contributed by atoms with Crippen LogP contribution in [0.15, 0.2) is 42.6 Å². The lowest BCUT2D eigenvalue weighted by molar-refractivity contribution is 0.555. The minimum absolute atomic E-state index is 0.364. The highest BCUT2D eigenvalue weighted by atomic mass is 15.1. The largest absolute Gasteiger partial charge is 0.326 e. The predicted molar refractivity (Wildman–Crippen MR) is 81.2 cm³/mol. The molecule has 1 aromatic carbocycles. The van der Waals surface area contributed by atoms with Gasteiger partial charge in [-0.05, 0) is 43.7 Å². The van der Waals surface area contributed by atoms with E-state index in [4.69, 9.17) is 10.7 Å². The SMILES string of the molecule is Cn1c(-c2ccccn2)nc2cc(C(C)(C)N)ccc21. The predicted octanol–water partition coefficient (Wildman–Crippen LogP) is 2.83. The molecule has 0 saturated heterocycles. The zero-order valence-corrected chi connectivity index (χ0v) is 12.0. The van der Waals surface area contributed by atoms with Crippen molar-refractivity contribution in [2.24, 2.45) is 12.8 Å². The molecule has 0 aliphatic rings. The number of pyridine rings is 1. The average molecular weight is 266 g/mol. The first-order valence-corrected chi connectivity index (χ1v) is 6.64. The Hall–Kier alpha value is -2.20. The van der Waals surface area contributed by atoms with Crippen LogP contribution in [0.2, 0.25) is 0 Å². The van der Waals surface area contributed by atoms with E-state index in [0.29, 0.717) is 0 Å². The highest BCUT2D eigenvalue weighted by molar-refractivity contribution is 5.80. The standard InChI is InChI=1S/C16H18N4/c1-16(2,17)11-7-8-14-13(10-11)19-15(20(14)3)12-6-4-5-9-18-12/h4-10H,17H2,1-3H3. The Morgan fingerprint density at radius 3 is 2.60 bits per heavy atom. The van der Waals surface area contributed by atoms with Crippen LogP contribution in [0.3, 0.4) is 0 Å². The molecule has 20 heavy (non-hydrogen) atoms. The van der Waals surface area contributed by atoms with Crippen LogP contribution >= 0.6 is 0 Å². The van der Waals surface area contributed by atoms with Gasteiger partial charge in [-0.25, -0.2) is 4.98 Å². The third kappa shape index (κ3) is 2.08. The van der Waals surface area contributed by atoms with E-state index in [-0.39, 0.29) is 5.54 Å². The summed E-state index contributed by atoms with van der Waals surface area (Å²) >= 11 is 0. The topological polar surface area (TPSA) is 56.7 Å². The number of aromatic nitrogens is 3. The second-order valence-electron chi connectivity index (χ2n) is 5.63. The van der Waals surface area contributed by atoms with Gasteiger partial charge < -0.3 is 10.3 Å². The Morgan fingerprint density at radius 1 is 1.15 bits per heavy atom. The van der Waals surface area contributed by atoms with E-state index in [1.165, 1.54) is 0 Å². The smallest absolute Gasteiger partial charge is 0.159 e. The maximum atomic E-state index is 6.16. The number of benzene rings is 1. The van der Waals surface area contributed by atoms with Crippen LogP contribution in [0.25, 0.3) is 22.6 Å². The highest BCUT2D eigenvalue weighted by Gasteiger charge is 2.17. The maximum absolute atomic E-state index is 6.16. The second-order valence-corrected chi connectivity index (χ2v) is 5.63. The van der Waals surface area contributed by atoms with Gasteiger partial charge in [0.2, 0.25) is 0 Å². The molecule has 3 aromatic rings. The van der Waals surface area contributed by atoms with Crippen LogP contribution in [0.1, 0.15) is 19.4 Å². The summed E-state index contributed by atoms with van der Waals surface area (Å²) in [6.45, 7) is 3.99. The van der Waals surface area contributed by atoms with Crippen molar-refractivity contribution >= 4 is 11.0 Å². The Bertz CT molecular complexity index is 751. The number of imidazole rings is 1. The molecule has 0 fully saturated rings. The van der Waals surface area contributed by atoms with Crippen LogP contribution in [-0.4, -0.2) is 14.5 Å². The first-order chi connectivity index (χ1) is 9.47. The van der Waals surface area contributed by atoms with E-state index in [0.717, 1.165) is 28.1 Å². The summed E-state index contributed by atoms with van der Waals surface area (Å²) in [6, 6.07) is 12.0. The molecule has 0 spiro atoms. The van der Waals surface area contributed by atoms with Crippen LogP contribution in [0, 0.1) is 0 Å². The van der Waals surface area contributed by atoms with Crippen LogP contribution in [0.4, 0.5) is 0 Å². The fraction of sp³-hybridized carbons (Fsp3) is 0.250. The van der Waals surface area contributed by atoms with Crippen molar-refractivity contribution in [3.05, 3.63) is 48.2 Å². The van der Waals surface area contributed by atoms with Gasteiger partial charge in [-0.3, -0.25) is 4.98 Å². The number of hydrogen-bond acceptors (Lipinski definition) is 3. The second kappa shape index (κ2) is 4.42. The molecule has 0 aliphatic heterocycles. The highest BCUT2D eigenvalue weighted by Crippen LogP contribution is 2.26. The Kier molecular flexibility index (Phi) is 2.83. The van der Waals surface area contributed by atoms with Crippen LogP contribution in [0.5, 0.6) is 0 Å². The fourth-order valence-electron chi connectivity index (χ4n) is 2.32. The van der Waals surface area contributed by atoms with Gasteiger partial charge in [0.15, 0.2) is 5.82 Å². The number of hydrogen-bond donors (Lipinski definition) is 1. The Balaban J connectivity index is 2.20. The van der Waals surface area contributed by atoms with Gasteiger partial charge in [0.25, 0.3) is 0 Å². The van der Waals surface area contributed by atoms with Crippen molar-refractivity contribution in [1.82, 2.24) is 14.5 Å². The van der Waals surface area contributed by atoms with Crippen LogP contribution < -0.4 is 5.73 Å². The third-order valence-corrected chi connectivity index (χ3v) is 3.52. The van der Waals surface area contributed by atoms with Crippen LogP contribution in [-0.2, 0) is 12.6 Å². The average Bonchev–Trinajstić information content (AvgIpc) is 2.76. The summed E-state index contributed by atoms with van der Waals surface area (Å²) in [7, 11) is 2.01. The summed E-state index contributed by atoms with van der Waals surface area (Å²) < 4.78 is 2.06. The van der Waals surface area contributed by atoms with Crippen molar-refractivity contribution in [2.45, 2.75) is 19.4 Å². The lowest BCUT2D eigenvalue weighted by Crippen LogP contribution is -2.28. The molecule has 0 saturated carbocycles. The van der Waals surface area contributed by atoms with E-state index in [9.17, 15) is 0 Å². The molecule has 2 aromatic heterocycles. The van der Waals surface area contributed by atoms with Crippen molar-refractivity contribution in [2.75, 3.05) is 0 Å². The van der Waals surface area contributed by atoms with E-state index < -0.39 is 0 Å². The lowest BCUT2D eigenvalue weighted by Gasteiger charge is -2.18. The summed E-state index contributed by atoms with van der Waals surface area (Å²) in [5, 5.41) is 0. The molecule has 2 heterocycles. The molecular weight excluding hydrogens is 248 g/mol. The van der Waals surface area contributed by atoms with Gasteiger partial charge in [0, 0.05) is 18.8 Å². The minimum Gasteiger partial charge on any atom is -0.326 e. The number of rotatable bonds is 2. The summed E-state index contributed by atoms with van der Waals surface area (Å²) in [4.78, 5) is 9.07. The summed E-state index contributed by atoms with van der Waals surface area (Å²) in [5.41, 5.74) is 9.78. The zero-order valence-electron chi connectivity index (χ0n) is 12.0. The molecule has 0 radical (unpaired) electrons. The van der Waals surface area contributed by atoms with Crippen molar-refractivity contribution < 1.29 is 0 Å². The van der Waals surface area contributed by atoms with E-state index in [1.807, 2.05) is 39.1 Å². The lowest BCUT2D eigenvalue weighted by atomic mass is 9.95. The molecule has 0 aliphatic carbocycles. The normalized spacial score (nSPS) is 12.0. The first-order valence-electron chi connectivity index (χ1n) is 6.64. The molecular formula is C16H18N4.